The number of ketones is 1. The molecule has 0 N–H and O–H groups in total. The lowest BCUT2D eigenvalue weighted by Crippen LogP contribution is -2.25. The molecule has 5 nitrogen and oxygen atoms in total. The third-order valence-corrected chi connectivity index (χ3v) is 4.10. The smallest absolute Gasteiger partial charge is 0.210 e. The van der Waals surface area contributed by atoms with Gasteiger partial charge in [-0.15, -0.1) is 5.10 Å². The van der Waals surface area contributed by atoms with Gasteiger partial charge in [0, 0.05) is 10.6 Å². The Morgan fingerprint density at radius 3 is 2.71 bits per heavy atom. The number of hydrogen-bond donors (Lipinski definition) is 0. The molecular formula is C14H17ClN4OS. The van der Waals surface area contributed by atoms with Crippen molar-refractivity contribution >= 4 is 29.1 Å². The number of carbonyl (C=O) groups is 1. The van der Waals surface area contributed by atoms with Gasteiger partial charge in [0.2, 0.25) is 5.16 Å². The summed E-state index contributed by atoms with van der Waals surface area (Å²) in [5.41, 5.74) is 0.363. The van der Waals surface area contributed by atoms with Crippen LogP contribution in [-0.4, -0.2) is 31.2 Å². The molecule has 0 bridgehead atoms. The van der Waals surface area contributed by atoms with E-state index in [-0.39, 0.29) is 16.6 Å². The molecule has 1 heterocycles. The van der Waals surface area contributed by atoms with Gasteiger partial charge in [0.1, 0.15) is 0 Å². The summed E-state index contributed by atoms with van der Waals surface area (Å²) in [7, 11) is 0. The SMILES string of the molecule is CC(Sc1nnnn1C(C)(C)C)C(=O)c1cccc(Cl)c1. The van der Waals surface area contributed by atoms with Gasteiger partial charge in [-0.2, -0.15) is 0 Å². The number of hydrogen-bond acceptors (Lipinski definition) is 5. The highest BCUT2D eigenvalue weighted by molar-refractivity contribution is 8.00. The number of halogens is 1. The van der Waals surface area contributed by atoms with Crippen LogP contribution in [0.5, 0.6) is 0 Å². The standard InChI is InChI=1S/C14H17ClN4OS/c1-9(12(20)10-6-5-7-11(15)8-10)21-13-16-17-18-19(13)14(2,3)4/h5-9H,1-4H3. The topological polar surface area (TPSA) is 60.7 Å². The normalized spacial score (nSPS) is 13.2. The summed E-state index contributed by atoms with van der Waals surface area (Å²) in [6.45, 7) is 7.88. The summed E-state index contributed by atoms with van der Waals surface area (Å²) >= 11 is 7.27. The van der Waals surface area contributed by atoms with Gasteiger partial charge in [0.05, 0.1) is 10.8 Å². The first-order chi connectivity index (χ1) is 9.79. The van der Waals surface area contributed by atoms with Crippen LogP contribution in [0.3, 0.4) is 0 Å². The van der Waals surface area contributed by atoms with E-state index < -0.39 is 0 Å². The van der Waals surface area contributed by atoms with Crippen molar-refractivity contribution in [2.45, 2.75) is 43.6 Å². The molecule has 0 aliphatic heterocycles. The lowest BCUT2D eigenvalue weighted by atomic mass is 10.1. The Balaban J connectivity index is 2.17. The first kappa shape index (κ1) is 16.0. The van der Waals surface area contributed by atoms with E-state index in [1.807, 2.05) is 27.7 Å². The molecule has 1 aromatic heterocycles. The molecule has 0 aliphatic rings. The van der Waals surface area contributed by atoms with Gasteiger partial charge in [-0.25, -0.2) is 4.68 Å². The Bertz CT molecular complexity index is 650. The van der Waals surface area contributed by atoms with E-state index in [1.54, 1.807) is 28.9 Å². The second-order valence-corrected chi connectivity index (χ2v) is 7.42. The maximum Gasteiger partial charge on any atom is 0.210 e. The fourth-order valence-corrected chi connectivity index (χ4v) is 3.01. The van der Waals surface area contributed by atoms with Crippen LogP contribution < -0.4 is 0 Å². The number of benzene rings is 1. The lowest BCUT2D eigenvalue weighted by Gasteiger charge is -2.20. The van der Waals surface area contributed by atoms with Crippen molar-refractivity contribution < 1.29 is 4.79 Å². The van der Waals surface area contributed by atoms with Gasteiger partial charge in [-0.3, -0.25) is 4.79 Å². The fourth-order valence-electron chi connectivity index (χ4n) is 1.76. The highest BCUT2D eigenvalue weighted by Crippen LogP contribution is 2.27. The average Bonchev–Trinajstić information content (AvgIpc) is 2.86. The van der Waals surface area contributed by atoms with Crippen molar-refractivity contribution in [3.8, 4) is 0 Å². The Morgan fingerprint density at radius 2 is 2.10 bits per heavy atom. The summed E-state index contributed by atoms with van der Waals surface area (Å²) in [5.74, 6) is 0.00552. The van der Waals surface area contributed by atoms with Gasteiger partial charge in [0.15, 0.2) is 5.78 Å². The summed E-state index contributed by atoms with van der Waals surface area (Å²) < 4.78 is 1.72. The molecule has 2 rings (SSSR count). The summed E-state index contributed by atoms with van der Waals surface area (Å²) in [4.78, 5) is 12.4. The number of Topliss-reactive ketones (excluding diaryl/α,β-unsaturated/α-hetero) is 1. The van der Waals surface area contributed by atoms with E-state index >= 15 is 0 Å². The van der Waals surface area contributed by atoms with Crippen LogP contribution in [0, 0.1) is 0 Å². The number of tetrazole rings is 1. The second-order valence-electron chi connectivity index (χ2n) is 5.68. The van der Waals surface area contributed by atoms with E-state index in [0.717, 1.165) is 0 Å². The summed E-state index contributed by atoms with van der Waals surface area (Å²) in [5, 5.41) is 12.6. The van der Waals surface area contributed by atoms with Crippen LogP contribution in [0.1, 0.15) is 38.1 Å². The van der Waals surface area contributed by atoms with E-state index in [4.69, 9.17) is 11.6 Å². The Hall–Kier alpha value is -1.40. The molecule has 2 aromatic rings. The minimum atomic E-state index is -0.296. The van der Waals surface area contributed by atoms with Crippen LogP contribution in [0.15, 0.2) is 29.4 Å². The van der Waals surface area contributed by atoms with Crippen molar-refractivity contribution in [1.82, 2.24) is 20.2 Å². The first-order valence-electron chi connectivity index (χ1n) is 6.54. The molecule has 7 heteroatoms. The van der Waals surface area contributed by atoms with Gasteiger partial charge in [-0.05, 0) is 50.3 Å². The number of aromatic nitrogens is 4. The summed E-state index contributed by atoms with van der Waals surface area (Å²) in [6, 6.07) is 6.95. The molecule has 0 fully saturated rings. The van der Waals surface area contributed by atoms with Crippen molar-refractivity contribution in [1.29, 1.82) is 0 Å². The predicted octanol–water partition coefficient (Wildman–Crippen LogP) is 3.45. The Morgan fingerprint density at radius 1 is 1.38 bits per heavy atom. The van der Waals surface area contributed by atoms with Crippen LogP contribution in [0.25, 0.3) is 0 Å². The Labute approximate surface area is 133 Å². The maximum absolute atomic E-state index is 12.4. The lowest BCUT2D eigenvalue weighted by molar-refractivity contribution is 0.0993. The zero-order chi connectivity index (χ0) is 15.6. The molecule has 0 saturated carbocycles. The number of nitrogens with zero attached hydrogens (tertiary/aromatic N) is 4. The van der Waals surface area contributed by atoms with E-state index in [2.05, 4.69) is 15.5 Å². The fraction of sp³-hybridized carbons (Fsp3) is 0.429. The molecule has 1 unspecified atom stereocenters. The number of rotatable bonds is 4. The molecule has 1 aromatic carbocycles. The molecular weight excluding hydrogens is 308 g/mol. The minimum absolute atomic E-state index is 0.00552. The largest absolute Gasteiger partial charge is 0.293 e. The number of carbonyl (C=O) groups excluding carboxylic acids is 1. The Kier molecular flexibility index (Phi) is 4.68. The third-order valence-electron chi connectivity index (χ3n) is 2.84. The highest BCUT2D eigenvalue weighted by atomic mass is 35.5. The van der Waals surface area contributed by atoms with Crippen molar-refractivity contribution in [3.05, 3.63) is 34.9 Å². The quantitative estimate of drug-likeness (QED) is 0.637. The van der Waals surface area contributed by atoms with Crippen LogP contribution in [0.2, 0.25) is 5.02 Å². The minimum Gasteiger partial charge on any atom is -0.293 e. The predicted molar refractivity (Wildman–Crippen MR) is 83.9 cm³/mol. The highest BCUT2D eigenvalue weighted by Gasteiger charge is 2.24. The van der Waals surface area contributed by atoms with Gasteiger partial charge >= 0.3 is 0 Å². The molecule has 0 amide bonds. The molecule has 0 radical (unpaired) electrons. The second kappa shape index (κ2) is 6.15. The van der Waals surface area contributed by atoms with Gasteiger partial charge in [-0.1, -0.05) is 35.5 Å². The molecule has 112 valence electrons. The zero-order valence-corrected chi connectivity index (χ0v) is 13.9. The molecule has 0 saturated heterocycles. The zero-order valence-electron chi connectivity index (χ0n) is 12.4. The van der Waals surface area contributed by atoms with E-state index in [0.29, 0.717) is 15.7 Å². The van der Waals surface area contributed by atoms with Crippen molar-refractivity contribution in [2.75, 3.05) is 0 Å². The molecule has 0 aliphatic carbocycles. The summed E-state index contributed by atoms with van der Waals surface area (Å²) in [6.07, 6.45) is 0. The van der Waals surface area contributed by atoms with E-state index in [1.165, 1.54) is 11.8 Å². The van der Waals surface area contributed by atoms with Crippen LogP contribution in [-0.2, 0) is 5.54 Å². The van der Waals surface area contributed by atoms with Crippen molar-refractivity contribution in [3.63, 3.8) is 0 Å². The molecule has 0 spiro atoms. The average molecular weight is 325 g/mol. The first-order valence-corrected chi connectivity index (χ1v) is 7.80. The third kappa shape index (κ3) is 3.83. The monoisotopic (exact) mass is 324 g/mol. The van der Waals surface area contributed by atoms with E-state index in [9.17, 15) is 4.79 Å². The molecule has 21 heavy (non-hydrogen) atoms. The van der Waals surface area contributed by atoms with Gasteiger partial charge in [0.25, 0.3) is 0 Å². The van der Waals surface area contributed by atoms with Gasteiger partial charge < -0.3 is 0 Å². The van der Waals surface area contributed by atoms with Crippen molar-refractivity contribution in [2.24, 2.45) is 0 Å². The van der Waals surface area contributed by atoms with Crippen LogP contribution >= 0.6 is 23.4 Å². The number of thioether (sulfide) groups is 1. The molecule has 1 atom stereocenters. The van der Waals surface area contributed by atoms with Crippen LogP contribution in [0.4, 0.5) is 0 Å². The maximum atomic E-state index is 12.4.